The van der Waals surface area contributed by atoms with Crippen LogP contribution in [-0.4, -0.2) is 201 Å². The smallest absolute Gasteiger partial charge is 0.256 e. The van der Waals surface area contributed by atoms with Crippen LogP contribution in [0.15, 0.2) is 55.3 Å². The van der Waals surface area contributed by atoms with Gasteiger partial charge in [-0.05, 0) is 122 Å². The van der Waals surface area contributed by atoms with E-state index in [1.54, 1.807) is 30.3 Å². The highest BCUT2D eigenvalue weighted by atomic mass is 16.2. The summed E-state index contributed by atoms with van der Waals surface area (Å²) < 4.78 is 0. The number of unbranched alkanes of at least 4 members (excludes halogenated alkanes) is 2. The SMILES string of the molecule is CC(=O)N[C@@H](CCCN=C(N)N)C(=O)N[C@@H](C)C(=O)N[C@@H](CCCN=C(N)N)C(=O)N[C@@H](CCCN=C(N)N)C(=O)N[C@@H](CCCN=C(N)N)C(=O)N[C@@H](CCCCN)C(=O)N[C@@H](CCCCN)C(=O)NN(CCCN=C(N)N)CC(=O)N[C@@H](Cc1ccccc1)C(N)=O. The molecule has 0 aliphatic rings. The van der Waals surface area contributed by atoms with Gasteiger partial charge in [0, 0.05) is 52.6 Å². The Morgan fingerprint density at radius 2 is 0.723 bits per heavy atom. The summed E-state index contributed by atoms with van der Waals surface area (Å²) in [5.74, 6) is -8.97. The molecule has 94 heavy (non-hydrogen) atoms. The van der Waals surface area contributed by atoms with Gasteiger partial charge in [-0.15, -0.1) is 0 Å². The number of carbonyl (C=O) groups is 10. The Morgan fingerprint density at radius 1 is 0.394 bits per heavy atom. The molecular weight excluding hydrogens is 1220 g/mol. The number of nitrogens with zero attached hydrogens (tertiary/aromatic N) is 6. The molecule has 0 saturated carbocycles. The summed E-state index contributed by atoms with van der Waals surface area (Å²) >= 11 is 0. The van der Waals surface area contributed by atoms with Crippen molar-refractivity contribution in [3.05, 3.63) is 35.9 Å². The van der Waals surface area contributed by atoms with Crippen molar-refractivity contribution in [3.63, 3.8) is 0 Å². The number of rotatable bonds is 49. The van der Waals surface area contributed by atoms with E-state index >= 15 is 0 Å². The Bertz CT molecular complexity index is 2700. The minimum absolute atomic E-state index is 0.00127. The van der Waals surface area contributed by atoms with Crippen LogP contribution < -0.4 is 122 Å². The maximum absolute atomic E-state index is 14.7. The number of nitrogens with two attached hydrogens (primary N) is 13. The van der Waals surface area contributed by atoms with Crippen molar-refractivity contribution < 1.29 is 47.9 Å². The third kappa shape index (κ3) is 38.1. The monoisotopic (exact) mass is 1330 g/mol. The average molecular weight is 1330 g/mol. The summed E-state index contributed by atoms with van der Waals surface area (Å²) in [6.07, 6.45) is 2.07. The van der Waals surface area contributed by atoms with Crippen LogP contribution in [0.25, 0.3) is 0 Å². The van der Waals surface area contributed by atoms with Gasteiger partial charge in [-0.3, -0.25) is 78.3 Å². The molecule has 0 radical (unpaired) electrons. The summed E-state index contributed by atoms with van der Waals surface area (Å²) in [5.41, 5.74) is 76.1. The van der Waals surface area contributed by atoms with Crippen LogP contribution in [0, 0.1) is 0 Å². The van der Waals surface area contributed by atoms with Gasteiger partial charge < -0.3 is 117 Å². The fourth-order valence-corrected chi connectivity index (χ4v) is 8.99. The lowest BCUT2D eigenvalue weighted by atomic mass is 10.0. The van der Waals surface area contributed by atoms with Crippen molar-refractivity contribution in [2.24, 2.45) is 99.5 Å². The first-order chi connectivity index (χ1) is 44.6. The highest BCUT2D eigenvalue weighted by Crippen LogP contribution is 2.11. The molecule has 0 bridgehead atoms. The molecule has 0 heterocycles. The number of aliphatic imine (C=N–C) groups is 5. The number of benzene rings is 1. The number of guanidine groups is 5. The third-order valence-electron chi connectivity index (χ3n) is 13.7. The van der Waals surface area contributed by atoms with Crippen LogP contribution in [0.1, 0.15) is 116 Å². The van der Waals surface area contributed by atoms with E-state index in [1.165, 1.54) is 18.9 Å². The Morgan fingerprint density at radius 3 is 1.07 bits per heavy atom. The third-order valence-corrected chi connectivity index (χ3v) is 13.7. The van der Waals surface area contributed by atoms with Crippen molar-refractivity contribution in [3.8, 4) is 0 Å². The predicted molar refractivity (Wildman–Crippen MR) is 357 cm³/mol. The molecule has 10 amide bonds. The normalized spacial score (nSPS) is 13.3. The molecule has 528 valence electrons. The molecule has 1 aromatic rings. The van der Waals surface area contributed by atoms with Crippen LogP contribution in [0.3, 0.4) is 0 Å². The molecule has 0 saturated heterocycles. The van der Waals surface area contributed by atoms with Crippen LogP contribution in [0.5, 0.6) is 0 Å². The zero-order chi connectivity index (χ0) is 70.5. The summed E-state index contributed by atoms with van der Waals surface area (Å²) in [6, 6.07) is -1.65. The van der Waals surface area contributed by atoms with Crippen molar-refractivity contribution in [1.29, 1.82) is 0 Å². The van der Waals surface area contributed by atoms with Gasteiger partial charge in [0.2, 0.25) is 53.2 Å². The second-order valence-corrected chi connectivity index (χ2v) is 21.9. The van der Waals surface area contributed by atoms with Gasteiger partial charge in [-0.2, -0.15) is 0 Å². The lowest BCUT2D eigenvalue weighted by Crippen LogP contribution is -2.60. The van der Waals surface area contributed by atoms with Crippen molar-refractivity contribution in [2.75, 3.05) is 58.9 Å². The summed E-state index contributed by atoms with van der Waals surface area (Å²) in [5, 5.41) is 22.4. The largest absolute Gasteiger partial charge is 0.370 e. The Hall–Kier alpha value is -9.85. The van der Waals surface area contributed by atoms with E-state index in [2.05, 4.69) is 72.9 Å². The molecular formula is C56H104N28O10. The van der Waals surface area contributed by atoms with Gasteiger partial charge in [0.15, 0.2) is 29.8 Å². The molecule has 1 aromatic carbocycles. The predicted octanol–water partition coefficient (Wildman–Crippen LogP) is -8.90. The van der Waals surface area contributed by atoms with Crippen molar-refractivity contribution >= 4 is 88.9 Å². The first-order valence-corrected chi connectivity index (χ1v) is 31.0. The van der Waals surface area contributed by atoms with E-state index in [0.717, 1.165) is 5.56 Å². The topological polar surface area (TPSA) is 682 Å². The molecule has 1 rings (SSSR count). The lowest BCUT2D eigenvalue weighted by Gasteiger charge is -2.29. The van der Waals surface area contributed by atoms with Gasteiger partial charge in [0.05, 0.1) is 6.54 Å². The van der Waals surface area contributed by atoms with E-state index < -0.39 is 114 Å². The van der Waals surface area contributed by atoms with E-state index in [9.17, 15) is 47.9 Å². The highest BCUT2D eigenvalue weighted by molar-refractivity contribution is 5.98. The van der Waals surface area contributed by atoms with Crippen molar-refractivity contribution in [1.82, 2.24) is 53.0 Å². The molecule has 0 aliphatic heterocycles. The number of amides is 10. The first kappa shape index (κ1) is 82.2. The zero-order valence-electron chi connectivity index (χ0n) is 54.0. The zero-order valence-corrected chi connectivity index (χ0v) is 54.0. The lowest BCUT2D eigenvalue weighted by molar-refractivity contribution is -0.136. The minimum Gasteiger partial charge on any atom is -0.370 e. The standard InChI is InChI=1S/C56H104N28O10/c1-33(75-46(89)36(76-34(2)85)19-10-25-70-52(60)61)45(88)78-38(20-11-26-71-53(62)63)48(91)80-40(22-13-28-73-55(66)67)50(93)81-39(21-12-27-72-54(64)65)49(92)79-37(17-6-8-23-57)47(90)82-41(18-7-9-24-58)51(94)83-84(30-14-29-74-56(68)69)32-43(86)77-42(44(59)87)31-35-15-4-3-5-16-35/h3-5,15-16,33,36-42H,6-14,17-32,57-58H2,1-2H3,(H2,59,87)(H,75,89)(H,76,85)(H,77,86)(H,78,88)(H,79,92)(H,80,91)(H,81,93)(H,82,90)(H,83,94)(H4,60,61,70)(H4,62,63,71)(H4,64,65,72)(H4,66,67,73)(H4,68,69,74)/t33-,36-,37-,38-,39-,40-,41-,42-/m0/s1. The maximum atomic E-state index is 14.7. The van der Waals surface area contributed by atoms with Crippen molar-refractivity contribution in [2.45, 2.75) is 165 Å². The second-order valence-electron chi connectivity index (χ2n) is 21.9. The molecule has 0 fully saturated rings. The molecule has 0 spiro atoms. The number of nitrogens with one attached hydrogen (secondary N) is 9. The molecule has 38 nitrogen and oxygen atoms in total. The summed E-state index contributed by atoms with van der Waals surface area (Å²) in [7, 11) is 0. The number of carbonyl (C=O) groups excluding carboxylic acids is 10. The van der Waals surface area contributed by atoms with E-state index in [0.29, 0.717) is 25.7 Å². The Balaban J connectivity index is 3.74. The van der Waals surface area contributed by atoms with Gasteiger partial charge in [0.1, 0.15) is 48.3 Å². The molecule has 0 aromatic heterocycles. The quantitative estimate of drug-likeness (QED) is 0.0125. The Kier molecular flexibility index (Phi) is 41.2. The second kappa shape index (κ2) is 47.1. The van der Waals surface area contributed by atoms with Gasteiger partial charge in [0.25, 0.3) is 5.91 Å². The molecule has 38 heteroatoms. The number of hydrogen-bond donors (Lipinski definition) is 22. The van der Waals surface area contributed by atoms with Crippen LogP contribution in [0.2, 0.25) is 0 Å². The summed E-state index contributed by atoms with van der Waals surface area (Å²) in [4.78, 5) is 158. The minimum atomic E-state index is -1.46. The average Bonchev–Trinajstić information content (AvgIpc) is 0.926. The van der Waals surface area contributed by atoms with Gasteiger partial charge >= 0.3 is 0 Å². The van der Waals surface area contributed by atoms with Crippen LogP contribution in [0.4, 0.5) is 0 Å². The number of primary amides is 1. The number of hydrazine groups is 1. The fraction of sp³-hybridized carbons (Fsp3) is 0.625. The Labute approximate surface area is 547 Å². The van der Waals surface area contributed by atoms with E-state index in [4.69, 9.17) is 74.5 Å². The fourth-order valence-electron chi connectivity index (χ4n) is 8.99. The highest BCUT2D eigenvalue weighted by Gasteiger charge is 2.34. The first-order valence-electron chi connectivity index (χ1n) is 31.0. The number of hydrogen-bond acceptors (Lipinski definition) is 18. The maximum Gasteiger partial charge on any atom is 0.256 e. The van der Waals surface area contributed by atoms with E-state index in [-0.39, 0.29) is 159 Å². The molecule has 8 atom stereocenters. The van der Waals surface area contributed by atoms with Crippen LogP contribution >= 0.6 is 0 Å². The van der Waals surface area contributed by atoms with Gasteiger partial charge in [-0.25, -0.2) is 5.01 Å². The molecule has 0 unspecified atom stereocenters. The summed E-state index contributed by atoms with van der Waals surface area (Å²) in [6.45, 7) is 2.74. The molecule has 35 N–H and O–H groups in total. The van der Waals surface area contributed by atoms with Crippen LogP contribution in [-0.2, 0) is 54.4 Å². The van der Waals surface area contributed by atoms with E-state index in [1.807, 2.05) is 0 Å². The van der Waals surface area contributed by atoms with Gasteiger partial charge in [-0.1, -0.05) is 30.3 Å². The molecule has 0 aliphatic carbocycles.